The molecule has 0 aliphatic heterocycles. The molecule has 0 unspecified atom stereocenters. The van der Waals surface area contributed by atoms with Crippen LogP contribution < -0.4 is 5.32 Å². The average Bonchev–Trinajstić information content (AvgIpc) is 2.69. The van der Waals surface area contributed by atoms with Gasteiger partial charge in [-0.1, -0.05) is 66.7 Å². The summed E-state index contributed by atoms with van der Waals surface area (Å²) in [6, 6.07) is 21.2. The van der Waals surface area contributed by atoms with Crippen LogP contribution in [0.15, 0.2) is 73.3 Å². The Morgan fingerprint density at radius 2 is 1.46 bits per heavy atom. The molecule has 138 valence electrons. The van der Waals surface area contributed by atoms with Crippen LogP contribution in [0.2, 0.25) is 0 Å². The van der Waals surface area contributed by atoms with E-state index in [2.05, 4.69) is 66.5 Å². The van der Waals surface area contributed by atoms with Gasteiger partial charge in [-0.25, -0.2) is 0 Å². The fourth-order valence-electron chi connectivity index (χ4n) is 4.16. The summed E-state index contributed by atoms with van der Waals surface area (Å²) < 4.78 is 0. The predicted molar refractivity (Wildman–Crippen MR) is 109 cm³/mol. The molecule has 1 fully saturated rings. The van der Waals surface area contributed by atoms with Gasteiger partial charge in [0, 0.05) is 12.1 Å². The molecule has 1 aliphatic carbocycles. The van der Waals surface area contributed by atoms with Gasteiger partial charge in [0.05, 0.1) is 5.60 Å². The van der Waals surface area contributed by atoms with Crippen molar-refractivity contribution in [3.63, 3.8) is 0 Å². The molecule has 0 saturated heterocycles. The molecule has 2 N–H and O–H groups in total. The quantitative estimate of drug-likeness (QED) is 0.678. The highest BCUT2D eigenvalue weighted by Gasteiger charge is 2.41. The van der Waals surface area contributed by atoms with Crippen LogP contribution in [0.25, 0.3) is 0 Å². The van der Waals surface area contributed by atoms with E-state index in [-0.39, 0.29) is 5.54 Å². The van der Waals surface area contributed by atoms with Gasteiger partial charge in [-0.2, -0.15) is 0 Å². The first-order valence-corrected chi connectivity index (χ1v) is 9.79. The van der Waals surface area contributed by atoms with Crippen LogP contribution in [0, 0.1) is 0 Å². The molecule has 2 nitrogen and oxygen atoms in total. The summed E-state index contributed by atoms with van der Waals surface area (Å²) in [5.74, 6) is 0. The third kappa shape index (κ3) is 5.06. The molecule has 0 heterocycles. The SMILES string of the molecule is C=CCNC1(Cc2ccccc2)CCC(O)(CCc2ccccc2)CC1. The lowest BCUT2D eigenvalue weighted by molar-refractivity contribution is -0.0273. The van der Waals surface area contributed by atoms with Crippen molar-refractivity contribution in [1.29, 1.82) is 0 Å². The maximum Gasteiger partial charge on any atom is 0.0652 e. The predicted octanol–water partition coefficient (Wildman–Crippen LogP) is 4.68. The summed E-state index contributed by atoms with van der Waals surface area (Å²) in [4.78, 5) is 0. The number of hydrogen-bond donors (Lipinski definition) is 2. The minimum absolute atomic E-state index is 0.0640. The highest BCUT2D eigenvalue weighted by molar-refractivity contribution is 5.19. The molecule has 2 aromatic rings. The first-order valence-electron chi connectivity index (χ1n) is 9.79. The van der Waals surface area contributed by atoms with Gasteiger partial charge >= 0.3 is 0 Å². The number of benzene rings is 2. The molecule has 0 spiro atoms. The Hall–Kier alpha value is -1.90. The van der Waals surface area contributed by atoms with Gasteiger partial charge in [-0.05, 0) is 56.1 Å². The van der Waals surface area contributed by atoms with Crippen LogP contribution in [0.5, 0.6) is 0 Å². The van der Waals surface area contributed by atoms with Gasteiger partial charge < -0.3 is 10.4 Å². The molecule has 0 atom stereocenters. The van der Waals surface area contributed by atoms with Crippen LogP contribution in [0.3, 0.4) is 0 Å². The minimum Gasteiger partial charge on any atom is -0.390 e. The molecule has 2 heteroatoms. The van der Waals surface area contributed by atoms with E-state index in [4.69, 9.17) is 0 Å². The van der Waals surface area contributed by atoms with Gasteiger partial charge in [0.15, 0.2) is 0 Å². The van der Waals surface area contributed by atoms with Crippen LogP contribution >= 0.6 is 0 Å². The Balaban J connectivity index is 1.62. The normalized spacial score (nSPS) is 25.7. The molecule has 26 heavy (non-hydrogen) atoms. The van der Waals surface area contributed by atoms with Crippen molar-refractivity contribution in [2.45, 2.75) is 56.1 Å². The summed E-state index contributed by atoms with van der Waals surface area (Å²) in [5, 5.41) is 14.8. The van der Waals surface area contributed by atoms with E-state index in [1.165, 1.54) is 11.1 Å². The summed E-state index contributed by atoms with van der Waals surface area (Å²) in [7, 11) is 0. The summed E-state index contributed by atoms with van der Waals surface area (Å²) in [6.07, 6.45) is 8.46. The van der Waals surface area contributed by atoms with Crippen molar-refractivity contribution < 1.29 is 5.11 Å². The fourth-order valence-corrected chi connectivity index (χ4v) is 4.16. The van der Waals surface area contributed by atoms with E-state index < -0.39 is 5.60 Å². The Morgan fingerprint density at radius 3 is 2.04 bits per heavy atom. The topological polar surface area (TPSA) is 32.3 Å². The number of aryl methyl sites for hydroxylation is 1. The Bertz CT molecular complexity index is 672. The first-order chi connectivity index (χ1) is 12.6. The highest BCUT2D eigenvalue weighted by atomic mass is 16.3. The van der Waals surface area contributed by atoms with Gasteiger partial charge in [0.25, 0.3) is 0 Å². The zero-order valence-corrected chi connectivity index (χ0v) is 15.7. The lowest BCUT2D eigenvalue weighted by atomic mass is 9.70. The van der Waals surface area contributed by atoms with E-state index in [1.54, 1.807) is 0 Å². The van der Waals surface area contributed by atoms with E-state index >= 15 is 0 Å². The first kappa shape index (κ1) is 18.9. The van der Waals surface area contributed by atoms with Crippen molar-refractivity contribution in [3.8, 4) is 0 Å². The van der Waals surface area contributed by atoms with E-state index in [0.29, 0.717) is 0 Å². The summed E-state index contributed by atoms with van der Waals surface area (Å²) in [5.41, 5.74) is 2.20. The highest BCUT2D eigenvalue weighted by Crippen LogP contribution is 2.39. The van der Waals surface area contributed by atoms with Crippen molar-refractivity contribution in [2.75, 3.05) is 6.54 Å². The Morgan fingerprint density at radius 1 is 0.885 bits per heavy atom. The third-order valence-corrected chi connectivity index (χ3v) is 5.87. The average molecular weight is 350 g/mol. The second kappa shape index (κ2) is 8.66. The number of hydrogen-bond acceptors (Lipinski definition) is 2. The van der Waals surface area contributed by atoms with Gasteiger partial charge in [-0.15, -0.1) is 6.58 Å². The van der Waals surface area contributed by atoms with Crippen molar-refractivity contribution in [1.82, 2.24) is 5.32 Å². The molecule has 0 amide bonds. The summed E-state index contributed by atoms with van der Waals surface area (Å²) >= 11 is 0. The number of nitrogens with one attached hydrogen (secondary N) is 1. The largest absolute Gasteiger partial charge is 0.390 e. The number of rotatable bonds is 8. The Kier molecular flexibility index (Phi) is 6.29. The summed E-state index contributed by atoms with van der Waals surface area (Å²) in [6.45, 7) is 4.68. The smallest absolute Gasteiger partial charge is 0.0652 e. The van der Waals surface area contributed by atoms with Crippen LogP contribution in [-0.4, -0.2) is 22.8 Å². The lowest BCUT2D eigenvalue weighted by Gasteiger charge is -2.45. The number of aliphatic hydroxyl groups is 1. The van der Waals surface area contributed by atoms with Crippen molar-refractivity contribution in [3.05, 3.63) is 84.4 Å². The molecule has 1 saturated carbocycles. The minimum atomic E-state index is -0.536. The molecular weight excluding hydrogens is 318 g/mol. The standard InChI is InChI=1S/C24H31NO/c1-2-19-25-23(20-22-11-7-4-8-12-22)15-17-24(26,18-16-23)14-13-21-9-5-3-6-10-21/h2-12,25-26H,1,13-20H2. The maximum atomic E-state index is 11.1. The molecule has 1 aliphatic rings. The molecule has 3 rings (SSSR count). The monoisotopic (exact) mass is 349 g/mol. The van der Waals surface area contributed by atoms with E-state index in [0.717, 1.165) is 51.5 Å². The van der Waals surface area contributed by atoms with Crippen LogP contribution in [-0.2, 0) is 12.8 Å². The van der Waals surface area contributed by atoms with Crippen LogP contribution in [0.4, 0.5) is 0 Å². The Labute approximate surface area is 158 Å². The zero-order valence-electron chi connectivity index (χ0n) is 15.7. The lowest BCUT2D eigenvalue weighted by Crippen LogP contribution is -2.53. The zero-order chi connectivity index (χ0) is 18.3. The second-order valence-corrected chi connectivity index (χ2v) is 7.82. The van der Waals surface area contributed by atoms with Gasteiger partial charge in [-0.3, -0.25) is 0 Å². The molecule has 2 aromatic carbocycles. The maximum absolute atomic E-state index is 11.1. The van der Waals surface area contributed by atoms with Crippen molar-refractivity contribution in [2.24, 2.45) is 0 Å². The van der Waals surface area contributed by atoms with Crippen LogP contribution in [0.1, 0.15) is 43.2 Å². The fraction of sp³-hybridized carbons (Fsp3) is 0.417. The second-order valence-electron chi connectivity index (χ2n) is 7.82. The van der Waals surface area contributed by atoms with Crippen molar-refractivity contribution >= 4 is 0 Å². The van der Waals surface area contributed by atoms with Gasteiger partial charge in [0.1, 0.15) is 0 Å². The third-order valence-electron chi connectivity index (χ3n) is 5.87. The molecule has 0 radical (unpaired) electrons. The van der Waals surface area contributed by atoms with E-state index in [1.807, 2.05) is 12.1 Å². The molecule has 0 bridgehead atoms. The molecule has 0 aromatic heterocycles. The van der Waals surface area contributed by atoms with Gasteiger partial charge in [0.2, 0.25) is 0 Å². The van der Waals surface area contributed by atoms with E-state index in [9.17, 15) is 5.11 Å². The molecular formula is C24H31NO.